The van der Waals surface area contributed by atoms with Crippen molar-refractivity contribution in [2.75, 3.05) is 13.2 Å². The number of hydrogen-bond acceptors (Lipinski definition) is 4. The molecule has 0 fully saturated rings. The fraction of sp³-hybridized carbons (Fsp3) is 0.727. The fourth-order valence-corrected chi connectivity index (χ4v) is 2.13. The molecule has 0 aromatic carbocycles. The van der Waals surface area contributed by atoms with Gasteiger partial charge in [0.15, 0.2) is 0 Å². The van der Waals surface area contributed by atoms with Crippen molar-refractivity contribution in [1.82, 2.24) is 15.1 Å². The Balaban J connectivity index is 2.79. The summed E-state index contributed by atoms with van der Waals surface area (Å²) in [5.74, 6) is 0. The van der Waals surface area contributed by atoms with Crippen molar-refractivity contribution in [3.63, 3.8) is 0 Å². The average molecular weight is 306 g/mol. The third-order valence-electron chi connectivity index (χ3n) is 3.17. The smallest absolute Gasteiger partial charge is 0.0739 e. The van der Waals surface area contributed by atoms with E-state index in [4.69, 9.17) is 0 Å². The molecule has 6 heteroatoms. The Morgan fingerprint density at radius 3 is 2.35 bits per heavy atom. The van der Waals surface area contributed by atoms with Gasteiger partial charge in [0.25, 0.3) is 0 Å². The van der Waals surface area contributed by atoms with Crippen LogP contribution < -0.4 is 5.32 Å². The fourth-order valence-electron chi connectivity index (χ4n) is 1.65. The van der Waals surface area contributed by atoms with Crippen LogP contribution in [-0.4, -0.2) is 38.7 Å². The van der Waals surface area contributed by atoms with Crippen molar-refractivity contribution in [2.45, 2.75) is 32.4 Å². The van der Waals surface area contributed by atoms with Crippen molar-refractivity contribution < 1.29 is 10.2 Å². The molecule has 0 aliphatic carbocycles. The van der Waals surface area contributed by atoms with Crippen LogP contribution >= 0.6 is 15.9 Å². The second kappa shape index (κ2) is 5.95. The maximum absolute atomic E-state index is 9.34. The number of rotatable bonds is 6. The van der Waals surface area contributed by atoms with Gasteiger partial charge in [-0.05, 0) is 29.3 Å². The summed E-state index contributed by atoms with van der Waals surface area (Å²) in [5, 5.41) is 26.2. The molecule has 3 N–H and O–H groups in total. The second-order valence-corrected chi connectivity index (χ2v) is 5.07. The van der Waals surface area contributed by atoms with E-state index in [1.807, 2.05) is 20.9 Å². The molecule has 0 saturated heterocycles. The first kappa shape index (κ1) is 14.6. The largest absolute Gasteiger partial charge is 0.394 e. The number of aliphatic hydroxyl groups excluding tert-OH is 2. The highest BCUT2D eigenvalue weighted by atomic mass is 79.9. The number of aliphatic hydroxyl groups is 2. The first-order valence-corrected chi connectivity index (χ1v) is 6.43. The molecule has 0 aliphatic heterocycles. The molecule has 1 aromatic heterocycles. The van der Waals surface area contributed by atoms with Crippen molar-refractivity contribution in [3.05, 3.63) is 15.9 Å². The van der Waals surface area contributed by atoms with E-state index in [0.717, 1.165) is 15.9 Å². The molecule has 0 atom stereocenters. The molecule has 0 unspecified atom stereocenters. The van der Waals surface area contributed by atoms with E-state index in [9.17, 15) is 10.2 Å². The van der Waals surface area contributed by atoms with E-state index in [0.29, 0.717) is 13.0 Å². The van der Waals surface area contributed by atoms with Crippen LogP contribution in [0.3, 0.4) is 0 Å². The summed E-state index contributed by atoms with van der Waals surface area (Å²) in [5.41, 5.74) is 1.30. The Kier molecular flexibility index (Phi) is 5.12. The zero-order valence-electron chi connectivity index (χ0n) is 10.5. The lowest BCUT2D eigenvalue weighted by Gasteiger charge is -2.29. The molecule has 1 rings (SSSR count). The Labute approximate surface area is 110 Å². The highest BCUT2D eigenvalue weighted by Crippen LogP contribution is 2.21. The van der Waals surface area contributed by atoms with E-state index in [1.54, 1.807) is 4.68 Å². The third-order valence-corrected chi connectivity index (χ3v) is 4.21. The summed E-state index contributed by atoms with van der Waals surface area (Å²) in [6, 6.07) is 0. The van der Waals surface area contributed by atoms with E-state index in [2.05, 4.69) is 26.3 Å². The molecule has 1 aromatic rings. The number of nitrogens with one attached hydrogen (secondary N) is 1. The van der Waals surface area contributed by atoms with Gasteiger partial charge in [-0.15, -0.1) is 0 Å². The Morgan fingerprint density at radius 1 is 1.41 bits per heavy atom. The summed E-state index contributed by atoms with van der Waals surface area (Å²) in [7, 11) is 1.88. The maximum Gasteiger partial charge on any atom is 0.0739 e. The highest BCUT2D eigenvalue weighted by Gasteiger charge is 2.26. The van der Waals surface area contributed by atoms with Gasteiger partial charge in [0.1, 0.15) is 0 Å². The van der Waals surface area contributed by atoms with Crippen LogP contribution in [0.2, 0.25) is 0 Å². The molecule has 17 heavy (non-hydrogen) atoms. The topological polar surface area (TPSA) is 70.3 Å². The molecule has 98 valence electrons. The third kappa shape index (κ3) is 3.07. The van der Waals surface area contributed by atoms with Gasteiger partial charge in [0.05, 0.1) is 34.6 Å². The van der Waals surface area contributed by atoms with Crippen LogP contribution in [0.1, 0.15) is 24.7 Å². The first-order chi connectivity index (χ1) is 7.99. The standard InChI is InChI=1S/C11H20BrN3O2/c1-4-11(6-16,7-17)13-5-9-10(12)8(2)14-15(9)3/h13,16-17H,4-7H2,1-3H3. The van der Waals surface area contributed by atoms with Gasteiger partial charge in [0.2, 0.25) is 0 Å². The first-order valence-electron chi connectivity index (χ1n) is 5.64. The van der Waals surface area contributed by atoms with Crippen LogP contribution in [0.5, 0.6) is 0 Å². The van der Waals surface area contributed by atoms with Crippen molar-refractivity contribution >= 4 is 15.9 Å². The van der Waals surface area contributed by atoms with Crippen molar-refractivity contribution in [2.24, 2.45) is 7.05 Å². The van der Waals surface area contributed by atoms with Crippen molar-refractivity contribution in [1.29, 1.82) is 0 Å². The Morgan fingerprint density at radius 2 is 2.00 bits per heavy atom. The second-order valence-electron chi connectivity index (χ2n) is 4.27. The summed E-state index contributed by atoms with van der Waals surface area (Å²) in [6.45, 7) is 4.23. The molecule has 0 amide bonds. The zero-order chi connectivity index (χ0) is 13.1. The van der Waals surface area contributed by atoms with Gasteiger partial charge < -0.3 is 15.5 Å². The molecule has 0 spiro atoms. The SMILES string of the molecule is CCC(CO)(CO)NCc1c(Br)c(C)nn1C. The lowest BCUT2D eigenvalue weighted by molar-refractivity contribution is 0.0858. The molecule has 0 bridgehead atoms. The number of aryl methyl sites for hydroxylation is 2. The van der Waals surface area contributed by atoms with Crippen LogP contribution in [0, 0.1) is 6.92 Å². The summed E-state index contributed by atoms with van der Waals surface area (Å²) in [6.07, 6.45) is 0.661. The normalized spacial score (nSPS) is 12.1. The summed E-state index contributed by atoms with van der Waals surface area (Å²) >= 11 is 3.49. The summed E-state index contributed by atoms with van der Waals surface area (Å²) in [4.78, 5) is 0. The van der Waals surface area contributed by atoms with Gasteiger partial charge >= 0.3 is 0 Å². The quantitative estimate of drug-likeness (QED) is 0.724. The van der Waals surface area contributed by atoms with E-state index < -0.39 is 5.54 Å². The molecular formula is C11H20BrN3O2. The minimum Gasteiger partial charge on any atom is -0.394 e. The predicted molar refractivity (Wildman–Crippen MR) is 69.7 cm³/mol. The van der Waals surface area contributed by atoms with Crippen LogP contribution in [0.4, 0.5) is 0 Å². The lowest BCUT2D eigenvalue weighted by Crippen LogP contribution is -2.51. The number of aromatic nitrogens is 2. The van der Waals surface area contributed by atoms with Gasteiger partial charge in [-0.25, -0.2) is 0 Å². The lowest BCUT2D eigenvalue weighted by atomic mass is 9.98. The van der Waals surface area contributed by atoms with E-state index in [1.165, 1.54) is 0 Å². The number of nitrogens with zero attached hydrogens (tertiary/aromatic N) is 2. The van der Waals surface area contributed by atoms with Crippen molar-refractivity contribution in [3.8, 4) is 0 Å². The van der Waals surface area contributed by atoms with Gasteiger partial charge in [-0.1, -0.05) is 6.92 Å². The maximum atomic E-state index is 9.34. The molecule has 0 radical (unpaired) electrons. The minimum atomic E-state index is -0.627. The molecule has 1 heterocycles. The van der Waals surface area contributed by atoms with E-state index >= 15 is 0 Å². The predicted octanol–water partition coefficient (Wildman–Crippen LogP) is 0.714. The molecular weight excluding hydrogens is 286 g/mol. The van der Waals surface area contributed by atoms with Crippen LogP contribution in [-0.2, 0) is 13.6 Å². The number of hydrogen-bond donors (Lipinski definition) is 3. The summed E-state index contributed by atoms with van der Waals surface area (Å²) < 4.78 is 2.76. The highest BCUT2D eigenvalue weighted by molar-refractivity contribution is 9.10. The van der Waals surface area contributed by atoms with Gasteiger partial charge in [-0.2, -0.15) is 5.10 Å². The molecule has 0 saturated carbocycles. The average Bonchev–Trinajstić information content (AvgIpc) is 2.57. The van der Waals surface area contributed by atoms with Crippen LogP contribution in [0.15, 0.2) is 4.47 Å². The Bertz CT molecular complexity index is 367. The Hall–Kier alpha value is -0.430. The number of halogens is 1. The van der Waals surface area contributed by atoms with Crippen LogP contribution in [0.25, 0.3) is 0 Å². The zero-order valence-corrected chi connectivity index (χ0v) is 12.1. The molecule has 5 nitrogen and oxygen atoms in total. The van der Waals surface area contributed by atoms with E-state index in [-0.39, 0.29) is 13.2 Å². The molecule has 0 aliphatic rings. The monoisotopic (exact) mass is 305 g/mol. The van der Waals surface area contributed by atoms with Gasteiger partial charge in [0, 0.05) is 13.6 Å². The minimum absolute atomic E-state index is 0.0888. The van der Waals surface area contributed by atoms with Gasteiger partial charge in [-0.3, -0.25) is 4.68 Å².